The van der Waals surface area contributed by atoms with Crippen LogP contribution < -0.4 is 16.2 Å². The number of hydrogen-bond donors (Lipinski definition) is 2. The van der Waals surface area contributed by atoms with Gasteiger partial charge in [-0.15, -0.1) is 0 Å². The van der Waals surface area contributed by atoms with Gasteiger partial charge < -0.3 is 20.1 Å². The quantitative estimate of drug-likeness (QED) is 0.418. The van der Waals surface area contributed by atoms with Gasteiger partial charge in [0.2, 0.25) is 5.95 Å². The first kappa shape index (κ1) is 23.7. The van der Waals surface area contributed by atoms with Gasteiger partial charge in [-0.05, 0) is 49.2 Å². The van der Waals surface area contributed by atoms with E-state index in [1.54, 1.807) is 10.8 Å². The van der Waals surface area contributed by atoms with Crippen LogP contribution in [0.25, 0.3) is 33.4 Å². The first-order chi connectivity index (χ1) is 18.0. The minimum atomic E-state index is -0.118. The molecule has 9 nitrogen and oxygen atoms in total. The third-order valence-electron chi connectivity index (χ3n) is 6.89. The summed E-state index contributed by atoms with van der Waals surface area (Å²) < 4.78 is 12.9. The summed E-state index contributed by atoms with van der Waals surface area (Å²) in [6.45, 7) is 7.79. The molecule has 2 aliphatic rings. The number of nitrogens with zero attached hydrogens (tertiary/aromatic N) is 4. The van der Waals surface area contributed by atoms with Crippen LogP contribution >= 0.6 is 0 Å². The third kappa shape index (κ3) is 4.85. The summed E-state index contributed by atoms with van der Waals surface area (Å²) in [5.41, 5.74) is 5.91. The van der Waals surface area contributed by atoms with Gasteiger partial charge in [0.05, 0.1) is 44.2 Å². The van der Waals surface area contributed by atoms with E-state index in [1.807, 2.05) is 50.2 Å². The molecule has 0 amide bonds. The average Bonchev–Trinajstić information content (AvgIpc) is 2.88. The molecule has 0 aliphatic carbocycles. The third-order valence-corrected chi connectivity index (χ3v) is 6.89. The van der Waals surface area contributed by atoms with Gasteiger partial charge in [0.25, 0.3) is 5.56 Å². The van der Waals surface area contributed by atoms with Crippen LogP contribution in [0.5, 0.6) is 0 Å². The van der Waals surface area contributed by atoms with Gasteiger partial charge in [0.15, 0.2) is 0 Å². The molecule has 0 spiro atoms. The molecule has 190 valence electrons. The Morgan fingerprint density at radius 1 is 1.11 bits per heavy atom. The lowest BCUT2D eigenvalue weighted by Crippen LogP contribution is -2.42. The van der Waals surface area contributed by atoms with Crippen LogP contribution in [0.15, 0.2) is 53.5 Å². The summed E-state index contributed by atoms with van der Waals surface area (Å²) in [5, 5.41) is 7.44. The van der Waals surface area contributed by atoms with Crippen molar-refractivity contribution in [2.75, 3.05) is 38.2 Å². The van der Waals surface area contributed by atoms with Crippen LogP contribution in [-0.4, -0.2) is 64.6 Å². The second-order valence-corrected chi connectivity index (χ2v) is 9.72. The van der Waals surface area contributed by atoms with Gasteiger partial charge >= 0.3 is 0 Å². The van der Waals surface area contributed by atoms with Crippen molar-refractivity contribution in [1.82, 2.24) is 24.8 Å². The van der Waals surface area contributed by atoms with Crippen molar-refractivity contribution in [2.45, 2.75) is 32.5 Å². The number of pyridine rings is 2. The van der Waals surface area contributed by atoms with Crippen molar-refractivity contribution in [3.63, 3.8) is 0 Å². The van der Waals surface area contributed by atoms with Crippen molar-refractivity contribution in [3.05, 3.63) is 70.3 Å². The molecule has 1 unspecified atom stereocenters. The first-order valence-electron chi connectivity index (χ1n) is 12.7. The molecule has 3 aromatic heterocycles. The summed E-state index contributed by atoms with van der Waals surface area (Å²) >= 11 is 0. The molecular formula is C28H30N6O3. The Hall–Kier alpha value is -3.66. The zero-order chi connectivity index (χ0) is 25.4. The van der Waals surface area contributed by atoms with Gasteiger partial charge in [-0.3, -0.25) is 14.3 Å². The summed E-state index contributed by atoms with van der Waals surface area (Å²) in [6.07, 6.45) is 1.66. The SMILES string of the molecule is Cc1cccc(-c2ccc(-c3cc4cnc(NC5COC5)nc4n(CC4CNCCO4)c3=O)c(C)c2)n1. The fourth-order valence-corrected chi connectivity index (χ4v) is 4.86. The number of anilines is 1. The molecule has 2 aliphatic heterocycles. The maximum absolute atomic E-state index is 14.0. The first-order valence-corrected chi connectivity index (χ1v) is 12.7. The van der Waals surface area contributed by atoms with E-state index in [0.717, 1.165) is 40.0 Å². The molecule has 0 radical (unpaired) electrons. The maximum atomic E-state index is 14.0. The van der Waals surface area contributed by atoms with E-state index < -0.39 is 0 Å². The second kappa shape index (κ2) is 10.0. The minimum absolute atomic E-state index is 0.0946. The molecule has 0 saturated carbocycles. The summed E-state index contributed by atoms with van der Waals surface area (Å²) in [4.78, 5) is 27.9. The number of ether oxygens (including phenoxy) is 2. The lowest BCUT2D eigenvalue weighted by Gasteiger charge is -2.27. The van der Waals surface area contributed by atoms with Crippen molar-refractivity contribution >= 4 is 17.0 Å². The van der Waals surface area contributed by atoms with E-state index in [-0.39, 0.29) is 17.7 Å². The zero-order valence-electron chi connectivity index (χ0n) is 21.0. The predicted octanol–water partition coefficient (Wildman–Crippen LogP) is 2.94. The van der Waals surface area contributed by atoms with E-state index >= 15 is 0 Å². The van der Waals surface area contributed by atoms with Gasteiger partial charge in [-0.25, -0.2) is 4.98 Å². The highest BCUT2D eigenvalue weighted by molar-refractivity contribution is 5.83. The van der Waals surface area contributed by atoms with E-state index in [9.17, 15) is 4.79 Å². The number of morpholine rings is 1. The molecule has 9 heteroatoms. The summed E-state index contributed by atoms with van der Waals surface area (Å²) in [6, 6.07) is 14.2. The van der Waals surface area contributed by atoms with Gasteiger partial charge in [-0.2, -0.15) is 4.98 Å². The van der Waals surface area contributed by atoms with E-state index in [4.69, 9.17) is 14.5 Å². The lowest BCUT2D eigenvalue weighted by molar-refractivity contribution is 0.0183. The summed E-state index contributed by atoms with van der Waals surface area (Å²) in [5.74, 6) is 0.496. The zero-order valence-corrected chi connectivity index (χ0v) is 21.0. The molecule has 6 rings (SSSR count). The fraction of sp³-hybridized carbons (Fsp3) is 0.357. The molecule has 37 heavy (non-hydrogen) atoms. The average molecular weight is 499 g/mol. The normalized spacial score (nSPS) is 18.1. The smallest absolute Gasteiger partial charge is 0.260 e. The molecule has 2 saturated heterocycles. The number of hydrogen-bond acceptors (Lipinski definition) is 8. The summed E-state index contributed by atoms with van der Waals surface area (Å²) in [7, 11) is 0. The molecule has 2 N–H and O–H groups in total. The Kier molecular flexibility index (Phi) is 6.42. The van der Waals surface area contributed by atoms with E-state index in [1.165, 1.54) is 0 Å². The van der Waals surface area contributed by atoms with Crippen LogP contribution in [0.4, 0.5) is 5.95 Å². The number of aryl methyl sites for hydroxylation is 2. The standard InChI is InChI=1S/C28H30N6O3/c1-17-10-19(25-5-3-4-18(2)31-25)6-7-23(17)24-11-20-12-30-28(32-21-15-36-16-21)33-26(20)34(27(24)35)14-22-13-29-8-9-37-22/h3-7,10-12,21-22,29H,8-9,13-16H2,1-2H3,(H,30,32,33). The van der Waals surface area contributed by atoms with Crippen LogP contribution in [0.2, 0.25) is 0 Å². The largest absolute Gasteiger partial charge is 0.377 e. The Balaban J connectivity index is 1.44. The van der Waals surface area contributed by atoms with Crippen LogP contribution in [0.1, 0.15) is 11.3 Å². The van der Waals surface area contributed by atoms with Crippen LogP contribution in [0, 0.1) is 13.8 Å². The van der Waals surface area contributed by atoms with E-state index in [2.05, 4.69) is 26.7 Å². The molecular weight excluding hydrogens is 468 g/mol. The number of fused-ring (bicyclic) bond motifs is 1. The highest BCUT2D eigenvalue weighted by Crippen LogP contribution is 2.28. The van der Waals surface area contributed by atoms with Gasteiger partial charge in [-0.1, -0.05) is 18.2 Å². The van der Waals surface area contributed by atoms with Gasteiger partial charge in [0.1, 0.15) is 5.65 Å². The molecule has 0 bridgehead atoms. The number of nitrogens with one attached hydrogen (secondary N) is 2. The molecule has 2 fully saturated rings. The van der Waals surface area contributed by atoms with Crippen molar-refractivity contribution in [1.29, 1.82) is 0 Å². The number of aromatic nitrogens is 4. The minimum Gasteiger partial charge on any atom is -0.377 e. The highest BCUT2D eigenvalue weighted by atomic mass is 16.5. The van der Waals surface area contributed by atoms with Crippen molar-refractivity contribution in [3.8, 4) is 22.4 Å². The van der Waals surface area contributed by atoms with Crippen molar-refractivity contribution in [2.24, 2.45) is 0 Å². The molecule has 4 aromatic rings. The van der Waals surface area contributed by atoms with Crippen LogP contribution in [0.3, 0.4) is 0 Å². The number of rotatable bonds is 6. The monoisotopic (exact) mass is 498 g/mol. The van der Waals surface area contributed by atoms with Gasteiger partial charge in [0, 0.05) is 41.5 Å². The Morgan fingerprint density at radius 2 is 2.00 bits per heavy atom. The Bertz CT molecular complexity index is 1510. The molecule has 1 atom stereocenters. The maximum Gasteiger partial charge on any atom is 0.260 e. The topological polar surface area (TPSA) is 103 Å². The van der Waals surface area contributed by atoms with E-state index in [0.29, 0.717) is 50.1 Å². The fourth-order valence-electron chi connectivity index (χ4n) is 4.86. The Morgan fingerprint density at radius 3 is 2.73 bits per heavy atom. The Labute approximate surface area is 214 Å². The second-order valence-electron chi connectivity index (χ2n) is 9.72. The highest BCUT2D eigenvalue weighted by Gasteiger charge is 2.22. The predicted molar refractivity (Wildman–Crippen MR) is 143 cm³/mol. The molecule has 5 heterocycles. The molecule has 1 aromatic carbocycles. The number of benzene rings is 1. The lowest BCUT2D eigenvalue weighted by atomic mass is 9.97. The van der Waals surface area contributed by atoms with Crippen LogP contribution in [-0.2, 0) is 16.0 Å². The van der Waals surface area contributed by atoms with Crippen molar-refractivity contribution < 1.29 is 9.47 Å².